The minimum Gasteiger partial charge on any atom is -0.476 e. The summed E-state index contributed by atoms with van der Waals surface area (Å²) in [5.74, 6) is 5.68. The molecule has 2 aromatic rings. The Morgan fingerprint density at radius 1 is 1.30 bits per heavy atom. The average molecular weight is 369 g/mol. The Bertz CT molecular complexity index is 882. The number of nitrogens with one attached hydrogen (secondary N) is 1. The van der Waals surface area contributed by atoms with Gasteiger partial charge in [0.25, 0.3) is 5.88 Å². The molecule has 1 aromatic heterocycles. The van der Waals surface area contributed by atoms with Crippen molar-refractivity contribution in [2.45, 2.75) is 31.5 Å². The topological polar surface area (TPSA) is 107 Å². The van der Waals surface area contributed by atoms with Gasteiger partial charge in [0, 0.05) is 24.3 Å². The zero-order chi connectivity index (χ0) is 18.7. The van der Waals surface area contributed by atoms with Gasteiger partial charge in [-0.2, -0.15) is 0 Å². The highest BCUT2D eigenvalue weighted by atomic mass is 16.7. The molecule has 0 atom stereocenters. The van der Waals surface area contributed by atoms with E-state index in [0.29, 0.717) is 24.9 Å². The van der Waals surface area contributed by atoms with Crippen LogP contribution >= 0.6 is 0 Å². The lowest BCUT2D eigenvalue weighted by Crippen LogP contribution is -2.34. The fourth-order valence-corrected chi connectivity index (χ4v) is 3.36. The first-order valence-corrected chi connectivity index (χ1v) is 8.85. The van der Waals surface area contributed by atoms with E-state index < -0.39 is 5.97 Å². The molecule has 4 rings (SSSR count). The van der Waals surface area contributed by atoms with Gasteiger partial charge in [0.15, 0.2) is 5.79 Å². The van der Waals surface area contributed by atoms with E-state index in [2.05, 4.69) is 27.3 Å². The number of nitrogens with zero attached hydrogens (tertiary/aromatic N) is 2. The van der Waals surface area contributed by atoms with Crippen LogP contribution in [0.5, 0.6) is 11.6 Å². The molecule has 8 heteroatoms. The minimum atomic E-state index is -1.21. The van der Waals surface area contributed by atoms with Crippen LogP contribution in [0.25, 0.3) is 0 Å². The smallest absolute Gasteiger partial charge is 0.362 e. The van der Waals surface area contributed by atoms with E-state index in [1.165, 1.54) is 0 Å². The van der Waals surface area contributed by atoms with Gasteiger partial charge in [-0.3, -0.25) is 0 Å². The summed E-state index contributed by atoms with van der Waals surface area (Å²) < 4.78 is 17.0. The van der Waals surface area contributed by atoms with Crippen molar-refractivity contribution in [2.75, 3.05) is 13.2 Å². The molecule has 0 amide bonds. The van der Waals surface area contributed by atoms with Gasteiger partial charge in [0.05, 0.1) is 13.2 Å². The normalized spacial score (nSPS) is 18.8. The van der Waals surface area contributed by atoms with E-state index >= 15 is 0 Å². The maximum atomic E-state index is 11.1. The van der Waals surface area contributed by atoms with Crippen LogP contribution in [0, 0.1) is 17.8 Å². The van der Waals surface area contributed by atoms with Crippen LogP contribution in [0.1, 0.15) is 41.7 Å². The Kier molecular flexibility index (Phi) is 4.79. The molecule has 1 aromatic carbocycles. The Hall–Kier alpha value is -2.89. The average Bonchev–Trinajstić information content (AvgIpc) is 3.32. The fourth-order valence-electron chi connectivity index (χ4n) is 3.36. The molecule has 8 nitrogen and oxygen atoms in total. The minimum absolute atomic E-state index is 0.0123. The molecule has 2 heterocycles. The lowest BCUT2D eigenvalue weighted by molar-refractivity contribution is -0.180. The summed E-state index contributed by atoms with van der Waals surface area (Å²) in [4.78, 5) is 11.1. The van der Waals surface area contributed by atoms with Crippen molar-refractivity contribution >= 4 is 5.97 Å². The van der Waals surface area contributed by atoms with E-state index in [9.17, 15) is 4.79 Å². The maximum Gasteiger partial charge on any atom is 0.362 e. The molecule has 1 saturated carbocycles. The van der Waals surface area contributed by atoms with Crippen molar-refractivity contribution in [3.63, 3.8) is 0 Å². The number of aromatic amines is 1. The van der Waals surface area contributed by atoms with E-state index in [1.54, 1.807) is 18.2 Å². The second-order valence-electron chi connectivity index (χ2n) is 6.58. The molecule has 0 bridgehead atoms. The molecule has 2 aliphatic rings. The van der Waals surface area contributed by atoms with Gasteiger partial charge in [-0.05, 0) is 31.0 Å². The number of rotatable bonds is 3. The van der Waals surface area contributed by atoms with Crippen LogP contribution in [0.2, 0.25) is 0 Å². The number of hydrogen-bond acceptors (Lipinski definition) is 6. The Balaban J connectivity index is 1.41. The Morgan fingerprint density at radius 2 is 2.07 bits per heavy atom. The number of aromatic nitrogens is 3. The van der Waals surface area contributed by atoms with Gasteiger partial charge < -0.3 is 19.3 Å². The molecule has 1 spiro atoms. The van der Waals surface area contributed by atoms with Crippen molar-refractivity contribution < 1.29 is 24.1 Å². The summed E-state index contributed by atoms with van der Waals surface area (Å²) in [6.45, 7) is 1.36. The first kappa shape index (κ1) is 17.5. The summed E-state index contributed by atoms with van der Waals surface area (Å²) in [5.41, 5.74) is 0.532. The zero-order valence-electron chi connectivity index (χ0n) is 14.6. The highest BCUT2D eigenvalue weighted by Gasteiger charge is 2.39. The molecule has 1 aliphatic carbocycles. The van der Waals surface area contributed by atoms with Crippen LogP contribution < -0.4 is 4.74 Å². The molecule has 2 fully saturated rings. The van der Waals surface area contributed by atoms with Crippen molar-refractivity contribution in [3.05, 3.63) is 35.5 Å². The number of ether oxygens (including phenoxy) is 3. The van der Waals surface area contributed by atoms with Crippen molar-refractivity contribution in [3.8, 4) is 23.5 Å². The molecule has 0 unspecified atom stereocenters. The number of benzene rings is 1. The maximum absolute atomic E-state index is 11.1. The van der Waals surface area contributed by atoms with Gasteiger partial charge in [-0.15, -0.1) is 5.10 Å². The number of carboxylic acid groups (broad SMARTS) is 1. The highest BCUT2D eigenvalue weighted by Crippen LogP contribution is 2.38. The molecule has 27 heavy (non-hydrogen) atoms. The number of hydrogen-bond donors (Lipinski definition) is 2. The lowest BCUT2D eigenvalue weighted by atomic mass is 9.85. The van der Waals surface area contributed by atoms with Gasteiger partial charge in [-0.25, -0.2) is 9.89 Å². The van der Waals surface area contributed by atoms with E-state index in [0.717, 1.165) is 31.2 Å². The van der Waals surface area contributed by atoms with Crippen LogP contribution in [-0.2, 0) is 9.47 Å². The van der Waals surface area contributed by atoms with E-state index in [-0.39, 0.29) is 17.4 Å². The largest absolute Gasteiger partial charge is 0.476 e. The summed E-state index contributed by atoms with van der Waals surface area (Å²) >= 11 is 0. The fraction of sp³-hybridized carbons (Fsp3) is 0.421. The SMILES string of the molecule is O=C(O)c1nn[nH]c1Oc1cccc(C#CC2CCC3(CC2)OCCO3)c1. The summed E-state index contributed by atoms with van der Waals surface area (Å²) in [6.07, 6.45) is 3.65. The van der Waals surface area contributed by atoms with Crippen molar-refractivity contribution in [1.82, 2.24) is 15.4 Å². The van der Waals surface area contributed by atoms with Gasteiger partial charge >= 0.3 is 5.97 Å². The molecular formula is C19H19N3O5. The van der Waals surface area contributed by atoms with Crippen LogP contribution in [0.3, 0.4) is 0 Å². The second-order valence-corrected chi connectivity index (χ2v) is 6.58. The molecule has 140 valence electrons. The monoisotopic (exact) mass is 369 g/mol. The summed E-state index contributed by atoms with van der Waals surface area (Å²) in [5, 5.41) is 18.4. The van der Waals surface area contributed by atoms with Gasteiger partial charge in [0.1, 0.15) is 5.75 Å². The number of aromatic carboxylic acids is 1. The summed E-state index contributed by atoms with van der Waals surface area (Å²) in [7, 11) is 0. The second kappa shape index (κ2) is 7.39. The third-order valence-corrected chi connectivity index (χ3v) is 4.75. The molecule has 2 N–H and O–H groups in total. The van der Waals surface area contributed by atoms with Crippen molar-refractivity contribution in [2.24, 2.45) is 5.92 Å². The highest BCUT2D eigenvalue weighted by molar-refractivity contribution is 5.87. The standard InChI is InChI=1S/C19H19N3O5/c23-18(24)16-17(21-22-20-16)27-15-3-1-2-14(12-15)5-4-13-6-8-19(9-7-13)25-10-11-26-19/h1-3,12-13H,6-11H2,(H,23,24)(H,20,21,22). The zero-order valence-corrected chi connectivity index (χ0v) is 14.6. The van der Waals surface area contributed by atoms with Gasteiger partial charge in [-0.1, -0.05) is 23.1 Å². The lowest BCUT2D eigenvalue weighted by Gasteiger charge is -2.33. The Morgan fingerprint density at radius 3 is 2.81 bits per heavy atom. The quantitative estimate of drug-likeness (QED) is 0.801. The summed E-state index contributed by atoms with van der Waals surface area (Å²) in [6, 6.07) is 7.17. The van der Waals surface area contributed by atoms with Crippen LogP contribution in [0.15, 0.2) is 24.3 Å². The molecular weight excluding hydrogens is 350 g/mol. The number of carbonyl (C=O) groups is 1. The molecule has 0 radical (unpaired) electrons. The van der Waals surface area contributed by atoms with E-state index in [4.69, 9.17) is 19.3 Å². The van der Waals surface area contributed by atoms with E-state index in [1.807, 2.05) is 6.07 Å². The van der Waals surface area contributed by atoms with Crippen LogP contribution in [0.4, 0.5) is 0 Å². The van der Waals surface area contributed by atoms with Gasteiger partial charge in [0.2, 0.25) is 5.69 Å². The first-order valence-electron chi connectivity index (χ1n) is 8.85. The first-order chi connectivity index (χ1) is 13.1. The van der Waals surface area contributed by atoms with Crippen LogP contribution in [-0.4, -0.2) is 45.5 Å². The number of H-pyrrole nitrogens is 1. The predicted molar refractivity (Wildman–Crippen MR) is 93.3 cm³/mol. The molecule has 1 aliphatic heterocycles. The predicted octanol–water partition coefficient (Wildman–Crippen LogP) is 2.58. The molecule has 1 saturated heterocycles. The van der Waals surface area contributed by atoms with Crippen molar-refractivity contribution in [1.29, 1.82) is 0 Å². The third kappa shape index (κ3) is 3.94. The Labute approximate surface area is 155 Å². The number of carboxylic acids is 1. The third-order valence-electron chi connectivity index (χ3n) is 4.75.